The molecule has 2 heterocycles. The lowest BCUT2D eigenvalue weighted by atomic mass is 10.0. The third-order valence-corrected chi connectivity index (χ3v) is 4.91. The molecule has 2 aromatic carbocycles. The molecule has 29 heavy (non-hydrogen) atoms. The molecule has 0 spiro atoms. The molecule has 0 aliphatic heterocycles. The number of carboxylic acid groups (broad SMARTS) is 1. The summed E-state index contributed by atoms with van der Waals surface area (Å²) < 4.78 is 15.9. The molecule has 7 heteroatoms. The highest BCUT2D eigenvalue weighted by molar-refractivity contribution is 5.95. The molecule has 0 unspecified atom stereocenters. The SMILES string of the molecule is CCc1ccc(F)c(-c2cnc(-n3cc(CO)c4ccc(C(=O)O)cc43)nc2)c1. The van der Waals surface area contributed by atoms with Gasteiger partial charge in [0.05, 0.1) is 17.7 Å². The number of fused-ring (bicyclic) bond motifs is 1. The number of carbonyl (C=O) groups is 1. The van der Waals surface area contributed by atoms with Crippen molar-refractivity contribution in [3.8, 4) is 17.1 Å². The van der Waals surface area contributed by atoms with Gasteiger partial charge < -0.3 is 10.2 Å². The van der Waals surface area contributed by atoms with Gasteiger partial charge in [-0.05, 0) is 36.2 Å². The topological polar surface area (TPSA) is 88.2 Å². The molecule has 0 fully saturated rings. The second kappa shape index (κ2) is 7.44. The van der Waals surface area contributed by atoms with Crippen LogP contribution in [0, 0.1) is 5.82 Å². The number of rotatable bonds is 5. The highest BCUT2D eigenvalue weighted by Crippen LogP contribution is 2.27. The summed E-state index contributed by atoms with van der Waals surface area (Å²) in [5, 5.41) is 19.6. The number of aliphatic hydroxyl groups is 1. The van der Waals surface area contributed by atoms with Gasteiger partial charge >= 0.3 is 5.97 Å². The number of hydrogen-bond acceptors (Lipinski definition) is 4. The molecule has 0 atom stereocenters. The second-order valence-electron chi connectivity index (χ2n) is 6.66. The first-order valence-corrected chi connectivity index (χ1v) is 9.11. The fraction of sp³-hybridized carbons (Fsp3) is 0.136. The summed E-state index contributed by atoms with van der Waals surface area (Å²) in [5.74, 6) is -1.10. The van der Waals surface area contributed by atoms with Crippen LogP contribution in [0.4, 0.5) is 4.39 Å². The van der Waals surface area contributed by atoms with Gasteiger partial charge in [0, 0.05) is 40.7 Å². The van der Waals surface area contributed by atoms with Gasteiger partial charge in [0.15, 0.2) is 0 Å². The number of aromatic carboxylic acids is 1. The molecule has 0 radical (unpaired) electrons. The minimum absolute atomic E-state index is 0.122. The van der Waals surface area contributed by atoms with E-state index in [1.807, 2.05) is 6.92 Å². The molecule has 6 nitrogen and oxygen atoms in total. The fourth-order valence-corrected chi connectivity index (χ4v) is 3.32. The lowest BCUT2D eigenvalue weighted by Crippen LogP contribution is -2.01. The van der Waals surface area contributed by atoms with E-state index in [0.29, 0.717) is 33.5 Å². The summed E-state index contributed by atoms with van der Waals surface area (Å²) in [6.45, 7) is 1.79. The van der Waals surface area contributed by atoms with Crippen molar-refractivity contribution in [3.63, 3.8) is 0 Å². The van der Waals surface area contributed by atoms with Crippen LogP contribution in [0.5, 0.6) is 0 Å². The Bertz CT molecular complexity index is 1220. The Morgan fingerprint density at radius 1 is 1.14 bits per heavy atom. The number of aliphatic hydroxyl groups excluding tert-OH is 1. The quantitative estimate of drug-likeness (QED) is 0.537. The molecular formula is C22H18FN3O3. The van der Waals surface area contributed by atoms with E-state index in [1.165, 1.54) is 30.6 Å². The molecule has 0 aliphatic rings. The average Bonchev–Trinajstić information content (AvgIpc) is 3.12. The Labute approximate surface area is 165 Å². The average molecular weight is 391 g/mol. The normalized spacial score (nSPS) is 11.1. The molecule has 4 aromatic rings. The Hall–Kier alpha value is -3.58. The van der Waals surface area contributed by atoms with E-state index < -0.39 is 5.97 Å². The minimum Gasteiger partial charge on any atom is -0.478 e. The molecule has 4 rings (SSSR count). The molecule has 146 valence electrons. The summed E-state index contributed by atoms with van der Waals surface area (Å²) in [7, 11) is 0. The summed E-state index contributed by atoms with van der Waals surface area (Å²) in [6.07, 6.45) is 5.53. The standard InChI is InChI=1S/C22H18FN3O3/c1-2-13-3-6-19(23)18(7-13)15-9-24-22(25-10-15)26-11-16(12-27)17-5-4-14(21(28)29)8-20(17)26/h3-11,27H,2,12H2,1H3,(H,28,29). The minimum atomic E-state index is -1.05. The Morgan fingerprint density at radius 3 is 2.55 bits per heavy atom. The van der Waals surface area contributed by atoms with Crippen LogP contribution in [0.3, 0.4) is 0 Å². The van der Waals surface area contributed by atoms with Crippen molar-refractivity contribution in [3.05, 3.63) is 77.5 Å². The number of nitrogens with zero attached hydrogens (tertiary/aromatic N) is 3. The van der Waals surface area contributed by atoms with Crippen LogP contribution in [0.1, 0.15) is 28.4 Å². The van der Waals surface area contributed by atoms with Crippen LogP contribution in [0.2, 0.25) is 0 Å². The highest BCUT2D eigenvalue weighted by atomic mass is 19.1. The number of aromatic nitrogens is 3. The van der Waals surface area contributed by atoms with Gasteiger partial charge in [-0.3, -0.25) is 4.57 Å². The first-order valence-electron chi connectivity index (χ1n) is 9.11. The zero-order valence-corrected chi connectivity index (χ0v) is 15.6. The van der Waals surface area contributed by atoms with Gasteiger partial charge in [0.2, 0.25) is 5.95 Å². The van der Waals surface area contributed by atoms with Crippen LogP contribution in [-0.2, 0) is 13.0 Å². The van der Waals surface area contributed by atoms with Crippen LogP contribution >= 0.6 is 0 Å². The maximum Gasteiger partial charge on any atom is 0.335 e. The van der Waals surface area contributed by atoms with E-state index in [2.05, 4.69) is 9.97 Å². The first kappa shape index (κ1) is 18.8. The third kappa shape index (κ3) is 3.36. The van der Waals surface area contributed by atoms with Crippen molar-refractivity contribution >= 4 is 16.9 Å². The lowest BCUT2D eigenvalue weighted by Gasteiger charge is -2.08. The molecular weight excluding hydrogens is 373 g/mol. The Morgan fingerprint density at radius 2 is 1.90 bits per heavy atom. The zero-order chi connectivity index (χ0) is 20.5. The predicted molar refractivity (Wildman–Crippen MR) is 107 cm³/mol. The van der Waals surface area contributed by atoms with Crippen molar-refractivity contribution in [2.45, 2.75) is 20.0 Å². The van der Waals surface area contributed by atoms with Gasteiger partial charge in [-0.2, -0.15) is 0 Å². The van der Waals surface area contributed by atoms with Crippen LogP contribution in [0.25, 0.3) is 28.0 Å². The largest absolute Gasteiger partial charge is 0.478 e. The highest BCUT2D eigenvalue weighted by Gasteiger charge is 2.15. The van der Waals surface area contributed by atoms with E-state index in [1.54, 1.807) is 29.0 Å². The maximum absolute atomic E-state index is 14.2. The van der Waals surface area contributed by atoms with Gasteiger partial charge in [-0.25, -0.2) is 19.2 Å². The van der Waals surface area contributed by atoms with Crippen molar-refractivity contribution in [2.24, 2.45) is 0 Å². The van der Waals surface area contributed by atoms with Crippen molar-refractivity contribution in [1.29, 1.82) is 0 Å². The molecule has 0 saturated carbocycles. The number of carboxylic acids is 1. The summed E-state index contributed by atoms with van der Waals surface area (Å²) in [6, 6.07) is 9.61. The monoisotopic (exact) mass is 391 g/mol. The number of halogens is 1. The summed E-state index contributed by atoms with van der Waals surface area (Å²) in [4.78, 5) is 20.0. The van der Waals surface area contributed by atoms with Gasteiger partial charge in [0.25, 0.3) is 0 Å². The van der Waals surface area contributed by atoms with Crippen molar-refractivity contribution < 1.29 is 19.4 Å². The fourth-order valence-electron chi connectivity index (χ4n) is 3.32. The van der Waals surface area contributed by atoms with Gasteiger partial charge in [-0.1, -0.05) is 19.1 Å². The zero-order valence-electron chi connectivity index (χ0n) is 15.6. The smallest absolute Gasteiger partial charge is 0.335 e. The van der Waals surface area contributed by atoms with Gasteiger partial charge in [-0.15, -0.1) is 0 Å². The van der Waals surface area contributed by atoms with Crippen molar-refractivity contribution in [1.82, 2.24) is 14.5 Å². The van der Waals surface area contributed by atoms with E-state index in [0.717, 1.165) is 12.0 Å². The number of benzene rings is 2. The maximum atomic E-state index is 14.2. The number of hydrogen-bond donors (Lipinski definition) is 2. The lowest BCUT2D eigenvalue weighted by molar-refractivity contribution is 0.0697. The molecule has 0 amide bonds. The second-order valence-corrected chi connectivity index (χ2v) is 6.66. The van der Waals surface area contributed by atoms with E-state index in [4.69, 9.17) is 0 Å². The van der Waals surface area contributed by atoms with Crippen LogP contribution in [-0.4, -0.2) is 30.7 Å². The first-order chi connectivity index (χ1) is 14.0. The molecule has 2 aromatic heterocycles. The third-order valence-electron chi connectivity index (χ3n) is 4.91. The van der Waals surface area contributed by atoms with Crippen molar-refractivity contribution in [2.75, 3.05) is 0 Å². The van der Waals surface area contributed by atoms with E-state index in [9.17, 15) is 19.4 Å². The molecule has 2 N–H and O–H groups in total. The van der Waals surface area contributed by atoms with E-state index in [-0.39, 0.29) is 18.0 Å². The number of aryl methyl sites for hydroxylation is 1. The molecule has 0 bridgehead atoms. The Kier molecular flexibility index (Phi) is 4.82. The molecule has 0 saturated heterocycles. The van der Waals surface area contributed by atoms with Crippen LogP contribution in [0.15, 0.2) is 55.0 Å². The summed E-state index contributed by atoms with van der Waals surface area (Å²) >= 11 is 0. The predicted octanol–water partition coefficient (Wildman–Crippen LogP) is 3.98. The summed E-state index contributed by atoms with van der Waals surface area (Å²) in [5.41, 5.74) is 3.31. The van der Waals surface area contributed by atoms with E-state index >= 15 is 0 Å². The molecule has 0 aliphatic carbocycles. The van der Waals surface area contributed by atoms with Crippen LogP contribution < -0.4 is 0 Å². The van der Waals surface area contributed by atoms with Gasteiger partial charge in [0.1, 0.15) is 5.82 Å². The Balaban J connectivity index is 1.81.